The fourth-order valence-electron chi connectivity index (χ4n) is 2.70. The maximum atomic E-state index is 6.54. The Morgan fingerprint density at radius 2 is 1.95 bits per heavy atom. The van der Waals surface area contributed by atoms with E-state index in [1.54, 1.807) is 14.2 Å². The van der Waals surface area contributed by atoms with Crippen LogP contribution in [-0.2, 0) is 5.41 Å². The van der Waals surface area contributed by atoms with Crippen molar-refractivity contribution >= 4 is 11.6 Å². The minimum atomic E-state index is 0.0861. The van der Waals surface area contributed by atoms with Crippen LogP contribution in [0.3, 0.4) is 0 Å². The molecule has 0 atom stereocenters. The van der Waals surface area contributed by atoms with Crippen LogP contribution in [-0.4, -0.2) is 20.8 Å². The van der Waals surface area contributed by atoms with E-state index in [9.17, 15) is 0 Å². The van der Waals surface area contributed by atoms with Crippen LogP contribution in [0.5, 0.6) is 11.5 Å². The summed E-state index contributed by atoms with van der Waals surface area (Å²) in [4.78, 5) is 0. The van der Waals surface area contributed by atoms with Gasteiger partial charge in [0.1, 0.15) is 0 Å². The van der Waals surface area contributed by atoms with Gasteiger partial charge >= 0.3 is 0 Å². The van der Waals surface area contributed by atoms with E-state index in [1.807, 2.05) is 0 Å². The molecule has 19 heavy (non-hydrogen) atoms. The van der Waals surface area contributed by atoms with Gasteiger partial charge in [0.15, 0.2) is 11.5 Å². The van der Waals surface area contributed by atoms with Crippen molar-refractivity contribution < 1.29 is 9.47 Å². The Bertz CT molecular complexity index is 482. The molecule has 106 valence electrons. The summed E-state index contributed by atoms with van der Waals surface area (Å²) in [6, 6.07) is 2.06. The molecule has 1 aliphatic rings. The molecule has 1 fully saturated rings. The molecule has 1 saturated carbocycles. The number of benzene rings is 1. The van der Waals surface area contributed by atoms with Gasteiger partial charge in [0.25, 0.3) is 0 Å². The van der Waals surface area contributed by atoms with Crippen molar-refractivity contribution in [2.45, 2.75) is 38.0 Å². The second kappa shape index (κ2) is 5.22. The van der Waals surface area contributed by atoms with Gasteiger partial charge in [-0.3, -0.25) is 0 Å². The predicted molar refractivity (Wildman–Crippen MR) is 78.6 cm³/mol. The van der Waals surface area contributed by atoms with Crippen molar-refractivity contribution in [2.24, 2.45) is 5.73 Å². The molecule has 4 heteroatoms. The number of halogens is 1. The van der Waals surface area contributed by atoms with Gasteiger partial charge in [-0.2, -0.15) is 0 Å². The molecule has 0 radical (unpaired) electrons. The average molecular weight is 284 g/mol. The number of nitrogens with two attached hydrogens (primary N) is 1. The molecule has 0 amide bonds. The Morgan fingerprint density at radius 1 is 1.32 bits per heavy atom. The first-order chi connectivity index (χ1) is 9.00. The number of ether oxygens (including phenoxy) is 2. The number of rotatable bonds is 5. The van der Waals surface area contributed by atoms with Gasteiger partial charge < -0.3 is 15.2 Å². The van der Waals surface area contributed by atoms with Crippen LogP contribution in [0.1, 0.15) is 43.7 Å². The summed E-state index contributed by atoms with van der Waals surface area (Å²) in [5, 5.41) is 0.659. The summed E-state index contributed by atoms with van der Waals surface area (Å²) in [6.45, 7) is 4.94. The smallest absolute Gasteiger partial charge is 0.179 e. The normalized spacial score (nSPS) is 16.6. The molecule has 0 aliphatic heterocycles. The third kappa shape index (κ3) is 2.30. The minimum absolute atomic E-state index is 0.0861. The maximum absolute atomic E-state index is 6.54. The zero-order valence-electron chi connectivity index (χ0n) is 12.0. The quantitative estimate of drug-likeness (QED) is 0.900. The Labute approximate surface area is 120 Å². The van der Waals surface area contributed by atoms with Gasteiger partial charge in [0, 0.05) is 12.0 Å². The van der Waals surface area contributed by atoms with Gasteiger partial charge in [-0.05, 0) is 36.0 Å². The van der Waals surface area contributed by atoms with Crippen LogP contribution < -0.4 is 15.2 Å². The summed E-state index contributed by atoms with van der Waals surface area (Å²) in [5.41, 5.74) is 8.42. The van der Waals surface area contributed by atoms with E-state index < -0.39 is 0 Å². The molecule has 0 bridgehead atoms. The number of hydrogen-bond donors (Lipinski definition) is 1. The predicted octanol–water partition coefficient (Wildman–Crippen LogP) is 3.47. The van der Waals surface area contributed by atoms with Crippen LogP contribution in [0.15, 0.2) is 6.07 Å². The fourth-order valence-corrected chi connectivity index (χ4v) is 3.19. The van der Waals surface area contributed by atoms with E-state index in [-0.39, 0.29) is 5.41 Å². The van der Waals surface area contributed by atoms with E-state index in [0.29, 0.717) is 29.0 Å². The summed E-state index contributed by atoms with van der Waals surface area (Å²) in [5.74, 6) is 1.63. The third-order valence-corrected chi connectivity index (χ3v) is 4.42. The highest BCUT2D eigenvalue weighted by molar-refractivity contribution is 6.33. The van der Waals surface area contributed by atoms with Crippen molar-refractivity contribution in [1.29, 1.82) is 0 Å². The van der Waals surface area contributed by atoms with E-state index in [2.05, 4.69) is 19.9 Å². The van der Waals surface area contributed by atoms with Crippen molar-refractivity contribution in [2.75, 3.05) is 20.8 Å². The highest BCUT2D eigenvalue weighted by Crippen LogP contribution is 2.54. The minimum Gasteiger partial charge on any atom is -0.493 e. The van der Waals surface area contributed by atoms with Crippen LogP contribution in [0.2, 0.25) is 5.02 Å². The zero-order chi connectivity index (χ0) is 14.2. The number of methoxy groups -OCH3 is 2. The zero-order valence-corrected chi connectivity index (χ0v) is 12.8. The van der Waals surface area contributed by atoms with Crippen LogP contribution in [0.25, 0.3) is 0 Å². The summed E-state index contributed by atoms with van der Waals surface area (Å²) >= 11 is 6.54. The first-order valence-corrected chi connectivity index (χ1v) is 7.03. The second-order valence-corrected chi connectivity index (χ2v) is 5.90. The van der Waals surface area contributed by atoms with Crippen molar-refractivity contribution in [3.05, 3.63) is 22.2 Å². The summed E-state index contributed by atoms with van der Waals surface area (Å²) < 4.78 is 10.8. The molecular weight excluding hydrogens is 262 g/mol. The third-order valence-electron chi connectivity index (χ3n) is 4.04. The number of hydrogen-bond acceptors (Lipinski definition) is 3. The van der Waals surface area contributed by atoms with E-state index in [1.165, 1.54) is 5.56 Å². The molecule has 1 aromatic rings. The molecule has 1 aromatic carbocycles. The molecule has 1 aliphatic carbocycles. The van der Waals surface area contributed by atoms with Crippen LogP contribution >= 0.6 is 11.6 Å². The Hall–Kier alpha value is -0.930. The van der Waals surface area contributed by atoms with Gasteiger partial charge in [-0.25, -0.2) is 0 Å². The van der Waals surface area contributed by atoms with E-state index in [0.717, 1.165) is 18.4 Å². The highest BCUT2D eigenvalue weighted by atomic mass is 35.5. The molecule has 2 N–H and O–H groups in total. The van der Waals surface area contributed by atoms with Crippen LogP contribution in [0, 0.1) is 0 Å². The topological polar surface area (TPSA) is 44.5 Å². The maximum Gasteiger partial charge on any atom is 0.179 e. The lowest BCUT2D eigenvalue weighted by Gasteiger charge is -2.24. The van der Waals surface area contributed by atoms with E-state index in [4.69, 9.17) is 26.8 Å². The SMILES string of the molecule is COc1cc(C2(CN)CC2)c(C(C)C)c(Cl)c1OC. The molecule has 0 aromatic heterocycles. The fraction of sp³-hybridized carbons (Fsp3) is 0.600. The van der Waals surface area contributed by atoms with Gasteiger partial charge in [-0.1, -0.05) is 25.4 Å². The molecule has 0 saturated heterocycles. The van der Waals surface area contributed by atoms with Crippen molar-refractivity contribution in [3.63, 3.8) is 0 Å². The summed E-state index contributed by atoms with van der Waals surface area (Å²) in [7, 11) is 3.25. The average Bonchev–Trinajstić information content (AvgIpc) is 3.17. The molecule has 3 nitrogen and oxygen atoms in total. The molecule has 0 spiro atoms. The monoisotopic (exact) mass is 283 g/mol. The largest absolute Gasteiger partial charge is 0.493 e. The first kappa shape index (κ1) is 14.5. The lowest BCUT2D eigenvalue weighted by atomic mass is 9.86. The van der Waals surface area contributed by atoms with Gasteiger partial charge in [0.2, 0.25) is 0 Å². The molecule has 0 unspecified atom stereocenters. The van der Waals surface area contributed by atoms with Gasteiger partial charge in [0.05, 0.1) is 19.2 Å². The van der Waals surface area contributed by atoms with Crippen molar-refractivity contribution in [1.82, 2.24) is 0 Å². The molecule has 2 rings (SSSR count). The molecular formula is C15H22ClNO2. The Morgan fingerprint density at radius 3 is 2.32 bits per heavy atom. The van der Waals surface area contributed by atoms with Crippen LogP contribution in [0.4, 0.5) is 0 Å². The Kier molecular flexibility index (Phi) is 3.98. The second-order valence-electron chi connectivity index (χ2n) is 5.53. The summed E-state index contributed by atoms with van der Waals surface area (Å²) in [6.07, 6.45) is 2.24. The molecule has 0 heterocycles. The van der Waals surface area contributed by atoms with E-state index >= 15 is 0 Å². The van der Waals surface area contributed by atoms with Crippen molar-refractivity contribution in [3.8, 4) is 11.5 Å². The lowest BCUT2D eigenvalue weighted by molar-refractivity contribution is 0.353. The Balaban J connectivity index is 2.68. The van der Waals surface area contributed by atoms with Gasteiger partial charge in [-0.15, -0.1) is 0 Å². The first-order valence-electron chi connectivity index (χ1n) is 6.65. The highest BCUT2D eigenvalue weighted by Gasteiger charge is 2.45. The lowest BCUT2D eigenvalue weighted by Crippen LogP contribution is -2.22. The standard InChI is InChI=1S/C15H22ClNO2/c1-9(2)12-10(15(8-17)5-6-15)7-11(18-3)14(19-4)13(12)16/h7,9H,5-6,8,17H2,1-4H3.